The van der Waals surface area contributed by atoms with Crippen molar-refractivity contribution in [2.45, 2.75) is 12.5 Å². The Morgan fingerprint density at radius 2 is 2.29 bits per heavy atom. The number of nitrogens with one attached hydrogen (secondary N) is 1. The topological polar surface area (TPSA) is 27.6 Å². The lowest BCUT2D eigenvalue weighted by molar-refractivity contribution is 0.371. The number of thiocarbonyl (C=S) groups is 1. The van der Waals surface area contributed by atoms with Crippen LogP contribution in [0, 0.1) is 5.82 Å². The molecule has 1 aromatic heterocycles. The van der Waals surface area contributed by atoms with Gasteiger partial charge in [-0.25, -0.2) is 9.40 Å². The standard InChI is InChI=1S/C15H14FN3S2/c1-17-15(20)19-13(14-6-3-7-21-14)9-12(18-19)10-4-2-5-11(16)8-10/h2-8,13H,9H2,1H3,(H,17,20)/t13-/m0/s1. The van der Waals surface area contributed by atoms with Gasteiger partial charge in [0, 0.05) is 23.9 Å². The Hall–Kier alpha value is -1.79. The van der Waals surface area contributed by atoms with E-state index < -0.39 is 0 Å². The summed E-state index contributed by atoms with van der Waals surface area (Å²) in [6, 6.07) is 10.7. The maximum atomic E-state index is 13.4. The fraction of sp³-hybridized carbons (Fsp3) is 0.200. The average molecular weight is 319 g/mol. The molecule has 1 aromatic carbocycles. The Morgan fingerprint density at radius 3 is 2.95 bits per heavy atom. The van der Waals surface area contributed by atoms with Crippen molar-refractivity contribution in [1.29, 1.82) is 0 Å². The fourth-order valence-corrected chi connectivity index (χ4v) is 3.34. The van der Waals surface area contributed by atoms with Crippen LogP contribution in [0.1, 0.15) is 22.9 Å². The Bertz CT molecular complexity index is 682. The molecular weight excluding hydrogens is 305 g/mol. The minimum Gasteiger partial charge on any atom is -0.364 e. The summed E-state index contributed by atoms with van der Waals surface area (Å²) < 4.78 is 13.4. The van der Waals surface area contributed by atoms with Crippen LogP contribution in [0.3, 0.4) is 0 Å². The first-order valence-corrected chi connectivity index (χ1v) is 7.85. The van der Waals surface area contributed by atoms with Crippen LogP contribution in [-0.2, 0) is 0 Å². The summed E-state index contributed by atoms with van der Waals surface area (Å²) in [5, 5.41) is 12.0. The third kappa shape index (κ3) is 2.82. The molecule has 1 aliphatic heterocycles. The highest BCUT2D eigenvalue weighted by molar-refractivity contribution is 7.80. The molecule has 0 aliphatic carbocycles. The summed E-state index contributed by atoms with van der Waals surface area (Å²) in [5.41, 5.74) is 1.66. The highest BCUT2D eigenvalue weighted by Gasteiger charge is 2.31. The number of rotatable bonds is 2. The van der Waals surface area contributed by atoms with Crippen LogP contribution in [0.4, 0.5) is 4.39 Å². The first kappa shape index (κ1) is 14.2. The van der Waals surface area contributed by atoms with Gasteiger partial charge in [-0.3, -0.25) is 0 Å². The first-order chi connectivity index (χ1) is 10.2. The normalized spacial score (nSPS) is 17.7. The average Bonchev–Trinajstić information content (AvgIpc) is 3.15. The van der Waals surface area contributed by atoms with Gasteiger partial charge in [0.1, 0.15) is 5.82 Å². The van der Waals surface area contributed by atoms with Crippen LogP contribution in [0.5, 0.6) is 0 Å². The predicted octanol–water partition coefficient (Wildman–Crippen LogP) is 3.54. The number of hydrogen-bond donors (Lipinski definition) is 1. The SMILES string of the molecule is CNC(=S)N1N=C(c2cccc(F)c2)C[C@H]1c1cccs1. The molecule has 0 bridgehead atoms. The van der Waals surface area contributed by atoms with Crippen molar-refractivity contribution < 1.29 is 4.39 Å². The zero-order valence-corrected chi connectivity index (χ0v) is 13.0. The summed E-state index contributed by atoms with van der Waals surface area (Å²) in [6.07, 6.45) is 0.714. The van der Waals surface area contributed by atoms with E-state index in [4.69, 9.17) is 12.2 Å². The van der Waals surface area contributed by atoms with Gasteiger partial charge in [-0.15, -0.1) is 11.3 Å². The number of benzene rings is 1. The molecule has 0 amide bonds. The summed E-state index contributed by atoms with van der Waals surface area (Å²) >= 11 is 7.01. The van der Waals surface area contributed by atoms with E-state index in [0.29, 0.717) is 11.5 Å². The van der Waals surface area contributed by atoms with E-state index in [0.717, 1.165) is 11.3 Å². The molecule has 0 fully saturated rings. The van der Waals surface area contributed by atoms with Crippen molar-refractivity contribution >= 4 is 34.4 Å². The lowest BCUT2D eigenvalue weighted by Crippen LogP contribution is -2.34. The van der Waals surface area contributed by atoms with Gasteiger partial charge >= 0.3 is 0 Å². The van der Waals surface area contributed by atoms with Gasteiger partial charge in [-0.1, -0.05) is 18.2 Å². The highest BCUT2D eigenvalue weighted by Crippen LogP contribution is 2.35. The molecule has 3 rings (SSSR count). The second-order valence-corrected chi connectivity index (χ2v) is 6.06. The molecule has 0 saturated carbocycles. The first-order valence-electron chi connectivity index (χ1n) is 6.57. The van der Waals surface area contributed by atoms with E-state index in [2.05, 4.69) is 16.5 Å². The Morgan fingerprint density at radius 1 is 1.43 bits per heavy atom. The van der Waals surface area contributed by atoms with Crippen LogP contribution < -0.4 is 5.32 Å². The molecule has 0 unspecified atom stereocenters. The number of halogens is 1. The van der Waals surface area contributed by atoms with Gasteiger partial charge < -0.3 is 5.32 Å². The molecule has 0 spiro atoms. The van der Waals surface area contributed by atoms with Crippen molar-refractivity contribution in [3.63, 3.8) is 0 Å². The van der Waals surface area contributed by atoms with E-state index in [-0.39, 0.29) is 11.9 Å². The molecule has 1 N–H and O–H groups in total. The van der Waals surface area contributed by atoms with Gasteiger partial charge in [0.25, 0.3) is 0 Å². The minimum atomic E-state index is -0.252. The van der Waals surface area contributed by atoms with E-state index in [1.54, 1.807) is 29.5 Å². The zero-order chi connectivity index (χ0) is 14.8. The number of thiophene rings is 1. The van der Waals surface area contributed by atoms with Crippen LogP contribution in [0.2, 0.25) is 0 Å². The van der Waals surface area contributed by atoms with Crippen molar-refractivity contribution in [2.75, 3.05) is 7.05 Å². The van der Waals surface area contributed by atoms with E-state index >= 15 is 0 Å². The van der Waals surface area contributed by atoms with E-state index in [9.17, 15) is 4.39 Å². The summed E-state index contributed by atoms with van der Waals surface area (Å²) in [7, 11) is 1.78. The lowest BCUT2D eigenvalue weighted by atomic mass is 10.0. The fourth-order valence-electron chi connectivity index (χ4n) is 2.36. The molecular formula is C15H14FN3S2. The number of hydrogen-bond acceptors (Lipinski definition) is 3. The largest absolute Gasteiger partial charge is 0.364 e. The second-order valence-electron chi connectivity index (χ2n) is 4.69. The monoisotopic (exact) mass is 319 g/mol. The molecule has 21 heavy (non-hydrogen) atoms. The van der Waals surface area contributed by atoms with Gasteiger partial charge in [0.05, 0.1) is 11.8 Å². The van der Waals surface area contributed by atoms with Gasteiger partial charge in [0.15, 0.2) is 5.11 Å². The highest BCUT2D eigenvalue weighted by atomic mass is 32.1. The van der Waals surface area contributed by atoms with E-state index in [1.807, 2.05) is 17.5 Å². The van der Waals surface area contributed by atoms with Crippen LogP contribution in [0.15, 0.2) is 46.9 Å². The summed E-state index contributed by atoms with van der Waals surface area (Å²) in [6.45, 7) is 0. The van der Waals surface area contributed by atoms with E-state index in [1.165, 1.54) is 17.0 Å². The summed E-state index contributed by atoms with van der Waals surface area (Å²) in [4.78, 5) is 1.20. The number of hydrazone groups is 1. The molecule has 0 radical (unpaired) electrons. The van der Waals surface area contributed by atoms with Crippen LogP contribution in [0.25, 0.3) is 0 Å². The van der Waals surface area contributed by atoms with Gasteiger partial charge in [-0.05, 0) is 35.8 Å². The Labute approximate surface area is 132 Å². The maximum absolute atomic E-state index is 13.4. The van der Waals surface area contributed by atoms with Crippen molar-refractivity contribution in [3.05, 3.63) is 58.0 Å². The molecule has 3 nitrogen and oxygen atoms in total. The third-order valence-electron chi connectivity index (χ3n) is 3.36. The van der Waals surface area contributed by atoms with Crippen LogP contribution >= 0.6 is 23.6 Å². The Balaban J connectivity index is 1.95. The lowest BCUT2D eigenvalue weighted by Gasteiger charge is -2.22. The number of nitrogens with zero attached hydrogens (tertiary/aromatic N) is 2. The molecule has 108 valence electrons. The van der Waals surface area contributed by atoms with Gasteiger partial charge in [-0.2, -0.15) is 5.10 Å². The smallest absolute Gasteiger partial charge is 0.190 e. The predicted molar refractivity (Wildman–Crippen MR) is 88.1 cm³/mol. The van der Waals surface area contributed by atoms with Crippen LogP contribution in [-0.4, -0.2) is 22.9 Å². The van der Waals surface area contributed by atoms with Crippen molar-refractivity contribution in [2.24, 2.45) is 5.10 Å². The zero-order valence-electron chi connectivity index (χ0n) is 11.4. The quantitative estimate of drug-likeness (QED) is 0.858. The molecule has 1 atom stereocenters. The van der Waals surface area contributed by atoms with Crippen molar-refractivity contribution in [1.82, 2.24) is 10.3 Å². The minimum absolute atomic E-state index is 0.0724. The molecule has 1 aliphatic rings. The third-order valence-corrected chi connectivity index (χ3v) is 4.73. The Kier molecular flexibility index (Phi) is 3.98. The maximum Gasteiger partial charge on any atom is 0.190 e. The molecule has 6 heteroatoms. The van der Waals surface area contributed by atoms with Gasteiger partial charge in [0.2, 0.25) is 0 Å². The summed E-state index contributed by atoms with van der Waals surface area (Å²) in [5.74, 6) is -0.252. The molecule has 0 saturated heterocycles. The molecule has 2 aromatic rings. The van der Waals surface area contributed by atoms with Crippen molar-refractivity contribution in [3.8, 4) is 0 Å². The molecule has 2 heterocycles. The second kappa shape index (κ2) is 5.91.